The molecule has 0 atom stereocenters. The number of hydrogen-bond donors (Lipinski definition) is 2. The fourth-order valence-electron chi connectivity index (χ4n) is 6.26. The maximum Gasteiger partial charge on any atom is 0.511 e. The number of rotatable bonds is 13. The van der Waals surface area contributed by atoms with Gasteiger partial charge in [-0.2, -0.15) is 0 Å². The number of ether oxygens (including phenoxy) is 1. The van der Waals surface area contributed by atoms with Crippen molar-refractivity contribution in [1.29, 1.82) is 0 Å². The summed E-state index contributed by atoms with van der Waals surface area (Å²) in [4.78, 5) is 31.8. The summed E-state index contributed by atoms with van der Waals surface area (Å²) in [5.41, 5.74) is 5.57. The number of benzene rings is 3. The molecule has 0 saturated heterocycles. The van der Waals surface area contributed by atoms with Crippen molar-refractivity contribution in [1.82, 2.24) is 14.9 Å². The molecule has 0 radical (unpaired) electrons. The molecule has 0 aliphatic heterocycles. The Morgan fingerprint density at radius 1 is 0.956 bits per heavy atom. The fraction of sp³-hybridized carbons (Fsp3) is 0.432. The standard InChI is InChI=1S/C37H46N4O4/c1-3-5-12-24-40(36(42)38-29-13-8-7-9-14-29)30-22-23-32-33(25-30)41(35(39-32)17-6-4-2)26-27-18-20-28(21-19-27)31-15-10-11-16-34(31)45-37(43)44/h10-11,15-16,18-23,25,29H,3-9,12-14,17,24,26H2,1-2H3,(H,38,42)(H,43,44). The van der Waals surface area contributed by atoms with Crippen LogP contribution in [0.3, 0.4) is 0 Å². The van der Waals surface area contributed by atoms with Crippen LogP contribution in [0.5, 0.6) is 5.75 Å². The van der Waals surface area contributed by atoms with Gasteiger partial charge in [0.05, 0.1) is 11.0 Å². The van der Waals surface area contributed by atoms with Gasteiger partial charge in [0.25, 0.3) is 0 Å². The molecule has 4 aromatic rings. The Morgan fingerprint density at radius 3 is 2.44 bits per heavy atom. The van der Waals surface area contributed by atoms with Crippen molar-refractivity contribution in [3.8, 4) is 16.9 Å². The van der Waals surface area contributed by atoms with E-state index in [0.717, 1.165) is 90.6 Å². The van der Waals surface area contributed by atoms with E-state index in [2.05, 4.69) is 48.0 Å². The molecular weight excluding hydrogens is 564 g/mol. The number of nitrogens with zero attached hydrogens (tertiary/aromatic N) is 3. The average Bonchev–Trinajstić information content (AvgIpc) is 3.39. The summed E-state index contributed by atoms with van der Waals surface area (Å²) < 4.78 is 7.29. The Hall–Kier alpha value is -4.33. The summed E-state index contributed by atoms with van der Waals surface area (Å²) in [6.45, 7) is 5.69. The summed E-state index contributed by atoms with van der Waals surface area (Å²) in [5.74, 6) is 1.35. The third kappa shape index (κ3) is 8.24. The van der Waals surface area contributed by atoms with Gasteiger partial charge in [-0.3, -0.25) is 4.90 Å². The quantitative estimate of drug-likeness (QED) is 0.0894. The Morgan fingerprint density at radius 2 is 1.71 bits per heavy atom. The number of fused-ring (bicyclic) bond motifs is 1. The van der Waals surface area contributed by atoms with Gasteiger partial charge in [0, 0.05) is 36.8 Å². The lowest BCUT2D eigenvalue weighted by molar-refractivity contribution is 0.144. The highest BCUT2D eigenvalue weighted by atomic mass is 16.7. The smallest absolute Gasteiger partial charge is 0.449 e. The number of hydrogen-bond acceptors (Lipinski definition) is 4. The van der Waals surface area contributed by atoms with Crippen LogP contribution in [0.25, 0.3) is 22.2 Å². The van der Waals surface area contributed by atoms with E-state index in [0.29, 0.717) is 18.8 Å². The van der Waals surface area contributed by atoms with Gasteiger partial charge in [-0.05, 0) is 61.1 Å². The van der Waals surface area contributed by atoms with E-state index in [-0.39, 0.29) is 12.1 Å². The number of carbonyl (C=O) groups excluding carboxylic acids is 1. The molecule has 8 nitrogen and oxygen atoms in total. The van der Waals surface area contributed by atoms with E-state index < -0.39 is 6.16 Å². The monoisotopic (exact) mass is 610 g/mol. The van der Waals surface area contributed by atoms with Gasteiger partial charge in [-0.15, -0.1) is 0 Å². The Kier molecular flexibility index (Phi) is 11.1. The summed E-state index contributed by atoms with van der Waals surface area (Å²) in [6, 6.07) is 21.8. The third-order valence-electron chi connectivity index (χ3n) is 8.73. The second kappa shape index (κ2) is 15.6. The van der Waals surface area contributed by atoms with Crippen LogP contribution in [0, 0.1) is 0 Å². The number of carboxylic acid groups (broad SMARTS) is 1. The highest BCUT2D eigenvalue weighted by Gasteiger charge is 2.22. The lowest BCUT2D eigenvalue weighted by atomic mass is 9.96. The Balaban J connectivity index is 1.45. The van der Waals surface area contributed by atoms with Crippen LogP contribution in [-0.4, -0.2) is 39.4 Å². The van der Waals surface area contributed by atoms with Crippen molar-refractivity contribution < 1.29 is 19.4 Å². The number of nitrogens with one attached hydrogen (secondary N) is 1. The van der Waals surface area contributed by atoms with E-state index >= 15 is 0 Å². The maximum atomic E-state index is 13.6. The number of urea groups is 1. The number of anilines is 1. The van der Waals surface area contributed by atoms with Gasteiger partial charge >= 0.3 is 12.2 Å². The lowest BCUT2D eigenvalue weighted by Gasteiger charge is -2.28. The molecule has 3 aromatic carbocycles. The van der Waals surface area contributed by atoms with Crippen molar-refractivity contribution >= 4 is 28.9 Å². The molecule has 2 amide bonds. The predicted molar refractivity (Wildman–Crippen MR) is 180 cm³/mol. The number of para-hydroxylation sites is 1. The van der Waals surface area contributed by atoms with Gasteiger partial charge < -0.3 is 19.7 Å². The van der Waals surface area contributed by atoms with Gasteiger partial charge in [0.2, 0.25) is 0 Å². The first-order valence-corrected chi connectivity index (χ1v) is 16.6. The molecule has 1 saturated carbocycles. The van der Waals surface area contributed by atoms with Crippen LogP contribution >= 0.6 is 0 Å². The summed E-state index contributed by atoms with van der Waals surface area (Å²) in [6.07, 6.45) is 10.5. The number of amides is 2. The molecule has 1 heterocycles. The number of aryl methyl sites for hydroxylation is 1. The molecule has 2 N–H and O–H groups in total. The van der Waals surface area contributed by atoms with Gasteiger partial charge in [-0.25, -0.2) is 14.6 Å². The molecule has 1 aliphatic rings. The van der Waals surface area contributed by atoms with E-state index in [9.17, 15) is 9.59 Å². The molecule has 0 unspecified atom stereocenters. The van der Waals surface area contributed by atoms with Crippen molar-refractivity contribution in [2.75, 3.05) is 11.4 Å². The van der Waals surface area contributed by atoms with Gasteiger partial charge in [0.15, 0.2) is 0 Å². The molecule has 45 heavy (non-hydrogen) atoms. The molecular formula is C37H46N4O4. The zero-order valence-corrected chi connectivity index (χ0v) is 26.6. The highest BCUT2D eigenvalue weighted by Crippen LogP contribution is 2.31. The first kappa shape index (κ1) is 32.1. The van der Waals surface area contributed by atoms with E-state index in [1.165, 1.54) is 19.3 Å². The maximum absolute atomic E-state index is 13.6. The molecule has 8 heteroatoms. The molecule has 1 aliphatic carbocycles. The molecule has 1 aromatic heterocycles. The zero-order valence-electron chi connectivity index (χ0n) is 26.6. The highest BCUT2D eigenvalue weighted by molar-refractivity contribution is 5.94. The average molecular weight is 611 g/mol. The summed E-state index contributed by atoms with van der Waals surface area (Å²) >= 11 is 0. The molecule has 0 spiro atoms. The van der Waals surface area contributed by atoms with Crippen LogP contribution in [0.4, 0.5) is 15.3 Å². The zero-order chi connectivity index (χ0) is 31.6. The van der Waals surface area contributed by atoms with Gasteiger partial charge in [0.1, 0.15) is 11.6 Å². The van der Waals surface area contributed by atoms with Crippen LogP contribution in [0.1, 0.15) is 89.4 Å². The number of unbranched alkanes of at least 4 members (excludes halogenated alkanes) is 3. The second-order valence-electron chi connectivity index (χ2n) is 12.1. The molecule has 1 fully saturated rings. The topological polar surface area (TPSA) is 96.7 Å². The molecule has 5 rings (SSSR count). The number of carbonyl (C=O) groups is 2. The van der Waals surface area contributed by atoms with Crippen LogP contribution in [-0.2, 0) is 13.0 Å². The largest absolute Gasteiger partial charge is 0.511 e. The normalized spacial score (nSPS) is 13.6. The fourth-order valence-corrected chi connectivity index (χ4v) is 6.26. The lowest BCUT2D eigenvalue weighted by Crippen LogP contribution is -2.46. The number of imidazole rings is 1. The second-order valence-corrected chi connectivity index (χ2v) is 12.1. The first-order valence-electron chi connectivity index (χ1n) is 16.6. The SMILES string of the molecule is CCCCCN(C(=O)NC1CCCCC1)c1ccc2nc(CCCC)n(Cc3ccc(-c4ccccc4OC(=O)O)cc3)c2c1. The van der Waals surface area contributed by atoms with Crippen LogP contribution in [0.15, 0.2) is 66.7 Å². The van der Waals surface area contributed by atoms with E-state index in [1.807, 2.05) is 35.2 Å². The van der Waals surface area contributed by atoms with Crippen molar-refractivity contribution in [3.05, 3.63) is 78.1 Å². The predicted octanol–water partition coefficient (Wildman–Crippen LogP) is 9.19. The number of aromatic nitrogens is 2. The summed E-state index contributed by atoms with van der Waals surface area (Å²) in [5, 5.41) is 12.5. The Bertz CT molecular complexity index is 1570. The molecule has 238 valence electrons. The van der Waals surface area contributed by atoms with E-state index in [1.54, 1.807) is 12.1 Å². The summed E-state index contributed by atoms with van der Waals surface area (Å²) in [7, 11) is 0. The van der Waals surface area contributed by atoms with Crippen molar-refractivity contribution in [2.45, 2.75) is 97.1 Å². The third-order valence-corrected chi connectivity index (χ3v) is 8.73. The van der Waals surface area contributed by atoms with Crippen LogP contribution in [0.2, 0.25) is 0 Å². The minimum atomic E-state index is -1.33. The van der Waals surface area contributed by atoms with Crippen LogP contribution < -0.4 is 15.0 Å². The van der Waals surface area contributed by atoms with Gasteiger partial charge in [-0.1, -0.05) is 94.8 Å². The Labute approximate surface area is 266 Å². The first-order chi connectivity index (χ1) is 22.0. The molecule has 0 bridgehead atoms. The van der Waals surface area contributed by atoms with E-state index in [4.69, 9.17) is 14.8 Å². The minimum Gasteiger partial charge on any atom is -0.449 e. The van der Waals surface area contributed by atoms with Crippen molar-refractivity contribution in [3.63, 3.8) is 0 Å². The van der Waals surface area contributed by atoms with Crippen molar-refractivity contribution in [2.24, 2.45) is 0 Å². The minimum absolute atomic E-state index is 0.00243.